The van der Waals surface area contributed by atoms with Crippen LogP contribution < -0.4 is 5.32 Å². The molecule has 1 unspecified atom stereocenters. The zero-order valence-corrected chi connectivity index (χ0v) is 14.3. The van der Waals surface area contributed by atoms with Crippen LogP contribution in [-0.4, -0.2) is 6.54 Å². The fourth-order valence-corrected chi connectivity index (χ4v) is 3.04. The van der Waals surface area contributed by atoms with E-state index >= 15 is 0 Å². The Bertz CT molecular complexity index is 558. The van der Waals surface area contributed by atoms with Crippen LogP contribution in [-0.2, 0) is 0 Å². The second-order valence-corrected chi connectivity index (χ2v) is 6.16. The topological polar surface area (TPSA) is 12.0 Å². The van der Waals surface area contributed by atoms with Crippen LogP contribution in [0.3, 0.4) is 0 Å². The summed E-state index contributed by atoms with van der Waals surface area (Å²) in [5, 5.41) is 4.32. The number of benzene rings is 2. The molecule has 0 aliphatic carbocycles. The lowest BCUT2D eigenvalue weighted by Crippen LogP contribution is -2.23. The number of hydrogen-bond donors (Lipinski definition) is 1. The standard InChI is InChI=1S/C17H19BrClN/c1-4-20-17(13-8-5-7-11(2)12(13)3)14-9-6-10-15(18)16(14)19/h5-10,17,20H,4H2,1-3H3. The average Bonchev–Trinajstić information content (AvgIpc) is 2.43. The molecule has 2 rings (SSSR count). The third kappa shape index (κ3) is 3.08. The number of halogens is 2. The van der Waals surface area contributed by atoms with Gasteiger partial charge in [0, 0.05) is 4.47 Å². The molecule has 0 radical (unpaired) electrons. The predicted molar refractivity (Wildman–Crippen MR) is 90.6 cm³/mol. The van der Waals surface area contributed by atoms with Crippen LogP contribution in [0.1, 0.15) is 35.2 Å². The normalized spacial score (nSPS) is 12.4. The van der Waals surface area contributed by atoms with Gasteiger partial charge in [-0.05, 0) is 64.6 Å². The summed E-state index contributed by atoms with van der Waals surface area (Å²) in [6.07, 6.45) is 0. The SMILES string of the molecule is CCNC(c1cccc(C)c1C)c1cccc(Br)c1Cl. The highest BCUT2D eigenvalue weighted by molar-refractivity contribution is 9.10. The van der Waals surface area contributed by atoms with Crippen molar-refractivity contribution in [3.63, 3.8) is 0 Å². The summed E-state index contributed by atoms with van der Waals surface area (Å²) in [6, 6.07) is 12.6. The molecule has 0 saturated carbocycles. The van der Waals surface area contributed by atoms with Gasteiger partial charge in [-0.1, -0.05) is 48.9 Å². The minimum Gasteiger partial charge on any atom is -0.306 e. The highest BCUT2D eigenvalue weighted by atomic mass is 79.9. The van der Waals surface area contributed by atoms with E-state index in [0.717, 1.165) is 21.6 Å². The lowest BCUT2D eigenvalue weighted by atomic mass is 9.92. The van der Waals surface area contributed by atoms with Gasteiger partial charge in [-0.3, -0.25) is 0 Å². The number of nitrogens with one attached hydrogen (secondary N) is 1. The second-order valence-electron chi connectivity index (χ2n) is 4.92. The summed E-state index contributed by atoms with van der Waals surface area (Å²) in [6.45, 7) is 7.32. The minimum absolute atomic E-state index is 0.116. The molecule has 106 valence electrons. The Morgan fingerprint density at radius 1 is 1.10 bits per heavy atom. The summed E-state index contributed by atoms with van der Waals surface area (Å²) in [7, 11) is 0. The van der Waals surface area contributed by atoms with Gasteiger partial charge in [0.15, 0.2) is 0 Å². The fraction of sp³-hybridized carbons (Fsp3) is 0.294. The minimum atomic E-state index is 0.116. The van der Waals surface area contributed by atoms with Crippen molar-refractivity contribution >= 4 is 27.5 Å². The zero-order valence-electron chi connectivity index (χ0n) is 12.0. The molecule has 20 heavy (non-hydrogen) atoms. The Morgan fingerprint density at radius 2 is 1.75 bits per heavy atom. The van der Waals surface area contributed by atoms with E-state index in [1.54, 1.807) is 0 Å². The third-order valence-electron chi connectivity index (χ3n) is 3.66. The summed E-state index contributed by atoms with van der Waals surface area (Å²) in [5.74, 6) is 0. The first-order valence-electron chi connectivity index (χ1n) is 6.79. The van der Waals surface area contributed by atoms with Gasteiger partial charge >= 0.3 is 0 Å². The highest BCUT2D eigenvalue weighted by Gasteiger charge is 2.19. The largest absolute Gasteiger partial charge is 0.306 e. The highest BCUT2D eigenvalue weighted by Crippen LogP contribution is 2.34. The van der Waals surface area contributed by atoms with E-state index in [1.807, 2.05) is 12.1 Å². The van der Waals surface area contributed by atoms with E-state index in [4.69, 9.17) is 11.6 Å². The molecule has 0 aliphatic heterocycles. The first kappa shape index (κ1) is 15.6. The van der Waals surface area contributed by atoms with E-state index in [2.05, 4.69) is 66.3 Å². The smallest absolute Gasteiger partial charge is 0.0599 e. The molecule has 0 aromatic heterocycles. The Hall–Kier alpha value is -0.830. The van der Waals surface area contributed by atoms with Crippen LogP contribution in [0, 0.1) is 13.8 Å². The molecule has 0 fully saturated rings. The zero-order chi connectivity index (χ0) is 14.7. The van der Waals surface area contributed by atoms with Crippen molar-refractivity contribution in [2.45, 2.75) is 26.8 Å². The second kappa shape index (κ2) is 6.75. The van der Waals surface area contributed by atoms with Crippen molar-refractivity contribution in [3.05, 3.63) is 68.1 Å². The van der Waals surface area contributed by atoms with Gasteiger partial charge in [0.2, 0.25) is 0 Å². The number of aryl methyl sites for hydroxylation is 1. The monoisotopic (exact) mass is 351 g/mol. The predicted octanol–water partition coefficient (Wildman–Crippen LogP) is 5.42. The van der Waals surface area contributed by atoms with Crippen molar-refractivity contribution in [1.29, 1.82) is 0 Å². The Morgan fingerprint density at radius 3 is 2.45 bits per heavy atom. The molecule has 1 nitrogen and oxygen atoms in total. The molecule has 2 aromatic carbocycles. The van der Waals surface area contributed by atoms with E-state index < -0.39 is 0 Å². The summed E-state index contributed by atoms with van der Waals surface area (Å²) in [5.41, 5.74) is 5.01. The van der Waals surface area contributed by atoms with Crippen LogP contribution in [0.25, 0.3) is 0 Å². The van der Waals surface area contributed by atoms with Crippen molar-refractivity contribution in [3.8, 4) is 0 Å². The van der Waals surface area contributed by atoms with Crippen molar-refractivity contribution in [2.24, 2.45) is 0 Å². The van der Waals surface area contributed by atoms with E-state index in [9.17, 15) is 0 Å². The van der Waals surface area contributed by atoms with Gasteiger partial charge in [0.25, 0.3) is 0 Å². The molecular formula is C17H19BrClN. The summed E-state index contributed by atoms with van der Waals surface area (Å²) < 4.78 is 0.935. The lowest BCUT2D eigenvalue weighted by Gasteiger charge is -2.23. The first-order valence-corrected chi connectivity index (χ1v) is 7.96. The van der Waals surface area contributed by atoms with E-state index in [1.165, 1.54) is 16.7 Å². The quantitative estimate of drug-likeness (QED) is 0.775. The Balaban J connectivity index is 2.56. The molecule has 1 N–H and O–H groups in total. The Labute approximate surface area is 134 Å². The number of hydrogen-bond acceptors (Lipinski definition) is 1. The molecular weight excluding hydrogens is 334 g/mol. The molecule has 0 saturated heterocycles. The van der Waals surface area contributed by atoms with Crippen LogP contribution >= 0.6 is 27.5 Å². The van der Waals surface area contributed by atoms with Gasteiger partial charge in [0.1, 0.15) is 0 Å². The van der Waals surface area contributed by atoms with Crippen LogP contribution in [0.2, 0.25) is 5.02 Å². The molecule has 0 aliphatic rings. The maximum atomic E-state index is 6.48. The first-order chi connectivity index (χ1) is 9.56. The van der Waals surface area contributed by atoms with Crippen LogP contribution in [0.4, 0.5) is 0 Å². The molecule has 3 heteroatoms. The molecule has 1 atom stereocenters. The van der Waals surface area contributed by atoms with E-state index in [0.29, 0.717) is 0 Å². The number of rotatable bonds is 4. The molecule has 0 bridgehead atoms. The molecule has 0 amide bonds. The van der Waals surface area contributed by atoms with Gasteiger partial charge < -0.3 is 5.32 Å². The van der Waals surface area contributed by atoms with Gasteiger partial charge in [-0.25, -0.2) is 0 Å². The van der Waals surface area contributed by atoms with Crippen molar-refractivity contribution in [1.82, 2.24) is 5.32 Å². The van der Waals surface area contributed by atoms with Gasteiger partial charge in [-0.15, -0.1) is 0 Å². The average molecular weight is 353 g/mol. The molecule has 0 spiro atoms. The van der Waals surface area contributed by atoms with Crippen molar-refractivity contribution < 1.29 is 0 Å². The lowest BCUT2D eigenvalue weighted by molar-refractivity contribution is 0.627. The van der Waals surface area contributed by atoms with Crippen LogP contribution in [0.15, 0.2) is 40.9 Å². The Kier molecular flexibility index (Phi) is 5.25. The maximum Gasteiger partial charge on any atom is 0.0599 e. The summed E-state index contributed by atoms with van der Waals surface area (Å²) >= 11 is 9.99. The summed E-state index contributed by atoms with van der Waals surface area (Å²) in [4.78, 5) is 0. The van der Waals surface area contributed by atoms with Crippen LogP contribution in [0.5, 0.6) is 0 Å². The molecule has 0 heterocycles. The van der Waals surface area contributed by atoms with E-state index in [-0.39, 0.29) is 6.04 Å². The van der Waals surface area contributed by atoms with Crippen molar-refractivity contribution in [2.75, 3.05) is 6.54 Å². The van der Waals surface area contributed by atoms with Gasteiger partial charge in [-0.2, -0.15) is 0 Å². The maximum absolute atomic E-state index is 6.48. The van der Waals surface area contributed by atoms with Gasteiger partial charge in [0.05, 0.1) is 11.1 Å². The third-order valence-corrected chi connectivity index (χ3v) is 4.97. The molecule has 2 aromatic rings. The fourth-order valence-electron chi connectivity index (χ4n) is 2.42.